The van der Waals surface area contributed by atoms with Gasteiger partial charge in [-0.2, -0.15) is 8.78 Å². The third-order valence-corrected chi connectivity index (χ3v) is 3.35. The Bertz CT molecular complexity index is 854. The molecule has 0 spiro atoms. The average Bonchev–Trinajstić information content (AvgIpc) is 3.13. The molecule has 3 aromatic heterocycles. The van der Waals surface area contributed by atoms with E-state index in [1.807, 2.05) is 0 Å². The minimum atomic E-state index is -3.77. The van der Waals surface area contributed by atoms with Crippen LogP contribution in [0, 0.1) is 0 Å². The van der Waals surface area contributed by atoms with Crippen LogP contribution in [0.15, 0.2) is 41.1 Å². The number of rotatable bonds is 4. The predicted molar refractivity (Wildman–Crippen MR) is 78.6 cm³/mol. The number of carbonyl (C=O) groups is 1. The van der Waals surface area contributed by atoms with Gasteiger partial charge in [0.25, 0.3) is 0 Å². The van der Waals surface area contributed by atoms with Crippen molar-refractivity contribution >= 4 is 23.2 Å². The first-order chi connectivity index (χ1) is 10.9. The molecule has 3 aromatic rings. The van der Waals surface area contributed by atoms with Crippen LogP contribution in [0.2, 0.25) is 0 Å². The van der Waals surface area contributed by atoms with E-state index in [1.54, 1.807) is 25.1 Å². The van der Waals surface area contributed by atoms with Crippen molar-refractivity contribution in [1.82, 2.24) is 9.38 Å². The maximum atomic E-state index is 13.7. The number of pyridine rings is 1. The van der Waals surface area contributed by atoms with Crippen molar-refractivity contribution in [3.05, 3.63) is 48.1 Å². The summed E-state index contributed by atoms with van der Waals surface area (Å²) in [4.78, 5) is 15.8. The van der Waals surface area contributed by atoms with E-state index in [9.17, 15) is 13.6 Å². The molecular weight excluding hydrogens is 330 g/mol. The van der Waals surface area contributed by atoms with Gasteiger partial charge in [0.1, 0.15) is 17.1 Å². The Morgan fingerprint density at radius 3 is 2.87 bits per heavy atom. The lowest BCUT2D eigenvalue weighted by atomic mass is 10.2. The number of carbonyl (C=O) groups excluding carboxylic acids is 1. The number of fused-ring (bicyclic) bond motifs is 1. The maximum absolute atomic E-state index is 13.7. The van der Waals surface area contributed by atoms with E-state index >= 15 is 0 Å². The van der Waals surface area contributed by atoms with Gasteiger partial charge in [0.15, 0.2) is 5.69 Å². The highest BCUT2D eigenvalue weighted by molar-refractivity contribution is 6.22. The number of furan rings is 1. The van der Waals surface area contributed by atoms with Crippen molar-refractivity contribution < 1.29 is 22.7 Å². The molecule has 5 nitrogen and oxygen atoms in total. The van der Waals surface area contributed by atoms with Crippen LogP contribution in [-0.4, -0.2) is 22.0 Å². The molecule has 0 atom stereocenters. The lowest BCUT2D eigenvalue weighted by Gasteiger charge is -2.10. The van der Waals surface area contributed by atoms with Crippen LogP contribution < -0.4 is 0 Å². The summed E-state index contributed by atoms with van der Waals surface area (Å²) in [7, 11) is 0. The number of halogens is 3. The van der Waals surface area contributed by atoms with Crippen molar-refractivity contribution in [1.29, 1.82) is 0 Å². The van der Waals surface area contributed by atoms with Gasteiger partial charge in [-0.15, -0.1) is 0 Å². The molecule has 8 heteroatoms. The minimum absolute atomic E-state index is 0.0393. The van der Waals surface area contributed by atoms with E-state index in [0.717, 1.165) is 4.40 Å². The molecule has 0 radical (unpaired) electrons. The van der Waals surface area contributed by atoms with Crippen molar-refractivity contribution in [2.45, 2.75) is 12.3 Å². The van der Waals surface area contributed by atoms with Crippen molar-refractivity contribution in [3.63, 3.8) is 0 Å². The Kier molecular flexibility index (Phi) is 3.81. The molecule has 0 N–H and O–H groups in total. The average molecular weight is 341 g/mol. The van der Waals surface area contributed by atoms with Crippen LogP contribution in [0.1, 0.15) is 23.1 Å². The van der Waals surface area contributed by atoms with Crippen LogP contribution in [-0.2, 0) is 10.1 Å². The van der Waals surface area contributed by atoms with Crippen molar-refractivity contribution in [2.75, 3.05) is 6.61 Å². The second-order valence-electron chi connectivity index (χ2n) is 4.65. The number of hydrogen-bond acceptors (Lipinski definition) is 4. The lowest BCUT2D eigenvalue weighted by Crippen LogP contribution is -2.15. The molecule has 0 saturated heterocycles. The van der Waals surface area contributed by atoms with E-state index in [-0.39, 0.29) is 12.3 Å². The lowest BCUT2D eigenvalue weighted by molar-refractivity contribution is 0.0488. The molecule has 3 rings (SSSR count). The molecule has 120 valence electrons. The number of imidazole rings is 1. The van der Waals surface area contributed by atoms with Crippen molar-refractivity contribution in [3.8, 4) is 11.3 Å². The summed E-state index contributed by atoms with van der Waals surface area (Å²) in [5.41, 5.74) is -0.466. The Morgan fingerprint density at radius 2 is 2.26 bits per heavy atom. The number of hydrogen-bond donors (Lipinski definition) is 0. The first-order valence-corrected chi connectivity index (χ1v) is 7.10. The second kappa shape index (κ2) is 5.66. The van der Waals surface area contributed by atoms with Gasteiger partial charge in [0.05, 0.1) is 12.9 Å². The summed E-state index contributed by atoms with van der Waals surface area (Å²) >= 11 is 5.15. The summed E-state index contributed by atoms with van der Waals surface area (Å²) in [6.45, 7) is 1.61. The topological polar surface area (TPSA) is 56.7 Å². The second-order valence-corrected chi connectivity index (χ2v) is 5.12. The molecule has 3 heterocycles. The zero-order chi connectivity index (χ0) is 16.6. The van der Waals surface area contributed by atoms with Gasteiger partial charge >= 0.3 is 11.4 Å². The zero-order valence-corrected chi connectivity index (χ0v) is 12.7. The van der Waals surface area contributed by atoms with E-state index < -0.39 is 22.7 Å². The highest BCUT2D eigenvalue weighted by atomic mass is 35.5. The SMILES string of the molecule is CCOC(=O)c1nc2cc(-c3ccco3)ccn2c1C(F)(F)Cl. The predicted octanol–water partition coefficient (Wildman–Crippen LogP) is 4.06. The van der Waals surface area contributed by atoms with Gasteiger partial charge in [-0.3, -0.25) is 4.40 Å². The first-order valence-electron chi connectivity index (χ1n) is 6.72. The van der Waals surface area contributed by atoms with Crippen molar-refractivity contribution in [2.24, 2.45) is 0 Å². The van der Waals surface area contributed by atoms with E-state index in [2.05, 4.69) is 4.98 Å². The third-order valence-electron chi connectivity index (χ3n) is 3.17. The first kappa shape index (κ1) is 15.5. The van der Waals surface area contributed by atoms with Crippen LogP contribution in [0.4, 0.5) is 8.78 Å². The molecule has 0 amide bonds. The summed E-state index contributed by atoms with van der Waals surface area (Å²) in [6.07, 6.45) is 2.85. The smallest absolute Gasteiger partial charge is 0.365 e. The Hall–Kier alpha value is -2.41. The molecule has 0 aliphatic rings. The summed E-state index contributed by atoms with van der Waals surface area (Å²) in [6, 6.07) is 6.51. The Labute approximate surface area is 134 Å². The molecule has 0 aliphatic carbocycles. The van der Waals surface area contributed by atoms with Gasteiger partial charge in [-0.05, 0) is 42.8 Å². The molecule has 0 aliphatic heterocycles. The monoisotopic (exact) mass is 340 g/mol. The fourth-order valence-electron chi connectivity index (χ4n) is 2.25. The number of esters is 1. The highest BCUT2D eigenvalue weighted by Gasteiger charge is 2.38. The molecule has 0 fully saturated rings. The Morgan fingerprint density at radius 1 is 1.48 bits per heavy atom. The molecule has 0 saturated carbocycles. The fourth-order valence-corrected chi connectivity index (χ4v) is 2.43. The normalized spacial score (nSPS) is 11.8. The maximum Gasteiger partial charge on any atom is 0.365 e. The quantitative estimate of drug-likeness (QED) is 0.531. The number of nitrogens with zero attached hydrogens (tertiary/aromatic N) is 2. The number of aromatic nitrogens is 2. The molecule has 0 bridgehead atoms. The molecular formula is C15H11ClF2N2O3. The number of alkyl halides is 3. The largest absolute Gasteiger partial charge is 0.464 e. The van der Waals surface area contributed by atoms with E-state index in [1.165, 1.54) is 18.5 Å². The highest BCUT2D eigenvalue weighted by Crippen LogP contribution is 2.36. The number of ether oxygens (including phenoxy) is 1. The standard InChI is InChI=1S/C15H11ClF2N2O3/c1-2-22-14(21)12-13(15(16,17)18)20-6-5-9(8-11(20)19-12)10-4-3-7-23-10/h3-8H,2H2,1H3. The van der Waals surface area contributed by atoms with Crippen LogP contribution in [0.25, 0.3) is 17.0 Å². The van der Waals surface area contributed by atoms with Gasteiger partial charge in [-0.1, -0.05) is 0 Å². The minimum Gasteiger partial charge on any atom is -0.464 e. The van der Waals surface area contributed by atoms with E-state index in [0.29, 0.717) is 11.3 Å². The summed E-state index contributed by atoms with van der Waals surface area (Å²) in [5, 5.41) is -3.77. The van der Waals surface area contributed by atoms with Crippen LogP contribution in [0.3, 0.4) is 0 Å². The van der Waals surface area contributed by atoms with E-state index in [4.69, 9.17) is 20.8 Å². The van der Waals surface area contributed by atoms with Gasteiger partial charge < -0.3 is 9.15 Å². The van der Waals surface area contributed by atoms with Crippen LogP contribution >= 0.6 is 11.6 Å². The zero-order valence-electron chi connectivity index (χ0n) is 11.9. The summed E-state index contributed by atoms with van der Waals surface area (Å²) < 4.78 is 38.5. The molecule has 0 unspecified atom stereocenters. The molecule has 0 aromatic carbocycles. The summed E-state index contributed by atoms with van der Waals surface area (Å²) in [5.74, 6) is -0.404. The van der Waals surface area contributed by atoms with Crippen LogP contribution in [0.5, 0.6) is 0 Å². The third kappa shape index (κ3) is 2.79. The van der Waals surface area contributed by atoms with Gasteiger partial charge in [0.2, 0.25) is 0 Å². The van der Waals surface area contributed by atoms with Gasteiger partial charge in [0, 0.05) is 11.8 Å². The molecule has 23 heavy (non-hydrogen) atoms. The fraction of sp³-hybridized carbons (Fsp3) is 0.200. The Balaban J connectivity index is 2.20. The van der Waals surface area contributed by atoms with Gasteiger partial charge in [-0.25, -0.2) is 9.78 Å².